The molecule has 0 bridgehead atoms. The van der Waals surface area contributed by atoms with Crippen LogP contribution in [-0.2, 0) is 4.74 Å². The van der Waals surface area contributed by atoms with Gasteiger partial charge in [-0.2, -0.15) is 0 Å². The number of thiazole rings is 1. The zero-order valence-corrected chi connectivity index (χ0v) is 15.3. The number of nitrogens with zero attached hydrogens (tertiary/aromatic N) is 2. The molecule has 2 rings (SSSR count). The topological polar surface area (TPSA) is 63.7 Å². The van der Waals surface area contributed by atoms with E-state index in [1.54, 1.807) is 6.26 Å². The van der Waals surface area contributed by atoms with Gasteiger partial charge < -0.3 is 14.8 Å². The van der Waals surface area contributed by atoms with Gasteiger partial charge in [0.05, 0.1) is 12.7 Å². The highest BCUT2D eigenvalue weighted by Gasteiger charge is 2.20. The molecule has 7 heteroatoms. The largest absolute Gasteiger partial charge is 0.478 e. The number of amides is 1. The third-order valence-electron chi connectivity index (χ3n) is 3.50. The smallest absolute Gasteiger partial charge is 0.278 e. The first-order chi connectivity index (χ1) is 11.6. The van der Waals surface area contributed by atoms with Gasteiger partial charge >= 0.3 is 0 Å². The summed E-state index contributed by atoms with van der Waals surface area (Å²) in [4.78, 5) is 18.8. The standard InChI is InChI=1S/C17H25N3O3S/c1-4-5-6-7-8-18-16(21)15-9-19-17(24-15)22-11-14-10-20(12-23-14)13(2)3/h5-6,9,11,13H,4,7-8,10,12H2,1-3H3,(H,18,21)/b6-5-,14-11?. The molecule has 0 aromatic carbocycles. The molecule has 1 fully saturated rings. The molecule has 132 valence electrons. The molecule has 0 radical (unpaired) electrons. The molecule has 1 amide bonds. The van der Waals surface area contributed by atoms with E-state index in [9.17, 15) is 4.79 Å². The second-order valence-electron chi connectivity index (χ2n) is 5.73. The number of carbonyl (C=O) groups is 1. The van der Waals surface area contributed by atoms with Crippen molar-refractivity contribution in [3.8, 4) is 5.19 Å². The molecule has 2 heterocycles. The quantitative estimate of drug-likeness (QED) is 0.443. The Morgan fingerprint density at radius 1 is 1.54 bits per heavy atom. The Morgan fingerprint density at radius 3 is 3.08 bits per heavy atom. The van der Waals surface area contributed by atoms with Crippen LogP contribution in [-0.4, -0.2) is 41.7 Å². The minimum Gasteiger partial charge on any atom is -0.478 e. The molecular formula is C17H25N3O3S. The van der Waals surface area contributed by atoms with Gasteiger partial charge in [0.2, 0.25) is 0 Å². The first kappa shape index (κ1) is 18.5. The summed E-state index contributed by atoms with van der Waals surface area (Å²) in [5, 5.41) is 3.30. The van der Waals surface area contributed by atoms with Crippen molar-refractivity contribution in [2.45, 2.75) is 39.7 Å². The van der Waals surface area contributed by atoms with E-state index in [1.165, 1.54) is 17.5 Å². The van der Waals surface area contributed by atoms with E-state index in [-0.39, 0.29) is 5.91 Å². The second-order valence-corrected chi connectivity index (χ2v) is 6.72. The summed E-state index contributed by atoms with van der Waals surface area (Å²) in [5.74, 6) is 0.649. The molecule has 1 saturated heterocycles. The number of allylic oxidation sites excluding steroid dienone is 1. The van der Waals surface area contributed by atoms with Crippen LogP contribution in [0, 0.1) is 0 Å². The number of hydrogen-bond donors (Lipinski definition) is 1. The predicted octanol–water partition coefficient (Wildman–Crippen LogP) is 3.15. The number of rotatable bonds is 8. The Morgan fingerprint density at radius 2 is 2.38 bits per heavy atom. The fourth-order valence-electron chi connectivity index (χ4n) is 2.03. The van der Waals surface area contributed by atoms with Crippen molar-refractivity contribution >= 4 is 17.2 Å². The Bertz CT molecular complexity index is 596. The summed E-state index contributed by atoms with van der Waals surface area (Å²) in [6.07, 6.45) is 9.10. The molecule has 0 saturated carbocycles. The van der Waals surface area contributed by atoms with Gasteiger partial charge in [0.15, 0.2) is 0 Å². The summed E-state index contributed by atoms with van der Waals surface area (Å²) >= 11 is 1.22. The normalized spacial score (nSPS) is 16.9. The van der Waals surface area contributed by atoms with Crippen molar-refractivity contribution in [1.82, 2.24) is 15.2 Å². The number of ether oxygens (including phenoxy) is 2. The van der Waals surface area contributed by atoms with Gasteiger partial charge in [-0.05, 0) is 26.7 Å². The van der Waals surface area contributed by atoms with E-state index in [1.807, 2.05) is 0 Å². The Hall–Kier alpha value is -1.86. The first-order valence-electron chi connectivity index (χ1n) is 8.21. The average molecular weight is 351 g/mol. The van der Waals surface area contributed by atoms with Crippen molar-refractivity contribution in [2.24, 2.45) is 0 Å². The highest BCUT2D eigenvalue weighted by molar-refractivity contribution is 7.15. The minimum atomic E-state index is -0.122. The predicted molar refractivity (Wildman–Crippen MR) is 95.0 cm³/mol. The summed E-state index contributed by atoms with van der Waals surface area (Å²) in [6, 6.07) is 0.429. The van der Waals surface area contributed by atoms with Gasteiger partial charge in [0, 0.05) is 12.6 Å². The van der Waals surface area contributed by atoms with Crippen LogP contribution < -0.4 is 10.1 Å². The Balaban J connectivity index is 1.78. The van der Waals surface area contributed by atoms with Gasteiger partial charge in [0.25, 0.3) is 11.1 Å². The molecular weight excluding hydrogens is 326 g/mol. The summed E-state index contributed by atoms with van der Waals surface area (Å²) in [5.41, 5.74) is 0. The van der Waals surface area contributed by atoms with Crippen LogP contribution in [0.1, 0.15) is 43.3 Å². The van der Waals surface area contributed by atoms with Crippen molar-refractivity contribution in [1.29, 1.82) is 0 Å². The summed E-state index contributed by atoms with van der Waals surface area (Å²) in [7, 11) is 0. The molecule has 1 aromatic rings. The third-order valence-corrected chi connectivity index (χ3v) is 4.39. The number of carbonyl (C=O) groups excluding carboxylic acids is 1. The molecule has 1 N–H and O–H groups in total. The van der Waals surface area contributed by atoms with Crippen LogP contribution in [0.2, 0.25) is 0 Å². The van der Waals surface area contributed by atoms with Crippen LogP contribution in [0.15, 0.2) is 30.4 Å². The molecule has 6 nitrogen and oxygen atoms in total. The fraction of sp³-hybridized carbons (Fsp3) is 0.529. The van der Waals surface area contributed by atoms with Gasteiger partial charge in [-0.15, -0.1) is 0 Å². The third kappa shape index (κ3) is 5.65. The van der Waals surface area contributed by atoms with Crippen LogP contribution in [0.4, 0.5) is 0 Å². The molecule has 0 spiro atoms. The average Bonchev–Trinajstić information content (AvgIpc) is 3.22. The summed E-state index contributed by atoms with van der Waals surface area (Å²) < 4.78 is 11.1. The minimum absolute atomic E-state index is 0.122. The number of nitrogens with one attached hydrogen (secondary N) is 1. The lowest BCUT2D eigenvalue weighted by molar-refractivity contribution is 0.0958. The maximum absolute atomic E-state index is 12.0. The maximum Gasteiger partial charge on any atom is 0.278 e. The number of hydrogen-bond acceptors (Lipinski definition) is 6. The second kappa shape index (κ2) is 9.44. The van der Waals surface area contributed by atoms with Gasteiger partial charge in [0.1, 0.15) is 23.6 Å². The van der Waals surface area contributed by atoms with Crippen LogP contribution in [0.25, 0.3) is 0 Å². The first-order valence-corrected chi connectivity index (χ1v) is 9.03. The van der Waals surface area contributed by atoms with Gasteiger partial charge in [-0.25, -0.2) is 4.98 Å². The molecule has 0 aliphatic carbocycles. The highest BCUT2D eigenvalue weighted by atomic mass is 32.1. The lowest BCUT2D eigenvalue weighted by Crippen LogP contribution is -2.27. The summed E-state index contributed by atoms with van der Waals surface area (Å²) in [6.45, 7) is 8.24. The van der Waals surface area contributed by atoms with E-state index in [2.05, 4.69) is 48.1 Å². The number of aromatic nitrogens is 1. The van der Waals surface area contributed by atoms with E-state index >= 15 is 0 Å². The van der Waals surface area contributed by atoms with Crippen molar-refractivity contribution in [3.05, 3.63) is 35.2 Å². The molecule has 0 unspecified atom stereocenters. The van der Waals surface area contributed by atoms with Crippen LogP contribution >= 0.6 is 11.3 Å². The monoisotopic (exact) mass is 351 g/mol. The van der Waals surface area contributed by atoms with E-state index in [0.29, 0.717) is 29.4 Å². The van der Waals surface area contributed by atoms with Crippen molar-refractivity contribution in [3.63, 3.8) is 0 Å². The van der Waals surface area contributed by atoms with Gasteiger partial charge in [-0.1, -0.05) is 30.4 Å². The molecule has 1 aliphatic heterocycles. The van der Waals surface area contributed by atoms with Crippen LogP contribution in [0.5, 0.6) is 5.19 Å². The van der Waals surface area contributed by atoms with E-state index in [0.717, 1.165) is 25.1 Å². The van der Waals surface area contributed by atoms with E-state index < -0.39 is 0 Å². The molecule has 24 heavy (non-hydrogen) atoms. The molecule has 0 atom stereocenters. The molecule has 1 aliphatic rings. The SMILES string of the molecule is CC/C=C\CCNC(=O)c1cnc(OC=C2CN(C(C)C)CO2)s1. The van der Waals surface area contributed by atoms with Crippen molar-refractivity contribution in [2.75, 3.05) is 19.8 Å². The maximum atomic E-state index is 12.0. The zero-order chi connectivity index (χ0) is 17.4. The van der Waals surface area contributed by atoms with Crippen molar-refractivity contribution < 1.29 is 14.3 Å². The zero-order valence-electron chi connectivity index (χ0n) is 14.4. The molecule has 1 aromatic heterocycles. The fourth-order valence-corrected chi connectivity index (χ4v) is 2.69. The van der Waals surface area contributed by atoms with E-state index in [4.69, 9.17) is 9.47 Å². The Labute approximate surface area is 147 Å². The lowest BCUT2D eigenvalue weighted by atomic mass is 10.3. The Kier molecular flexibility index (Phi) is 7.27. The van der Waals surface area contributed by atoms with Gasteiger partial charge in [-0.3, -0.25) is 9.69 Å². The van der Waals surface area contributed by atoms with Crippen LogP contribution in [0.3, 0.4) is 0 Å². The highest BCUT2D eigenvalue weighted by Crippen LogP contribution is 2.22. The lowest BCUT2D eigenvalue weighted by Gasteiger charge is -2.15.